The lowest BCUT2D eigenvalue weighted by Gasteiger charge is -2.06. The highest BCUT2D eigenvalue weighted by Gasteiger charge is 1.98. The molecule has 0 spiro atoms. The maximum atomic E-state index is 5.76. The first-order chi connectivity index (χ1) is 7.78. The Bertz CT molecular complexity index is 468. The van der Waals surface area contributed by atoms with Gasteiger partial charge in [-0.1, -0.05) is 28.1 Å². The van der Waals surface area contributed by atoms with E-state index in [1.165, 1.54) is 0 Å². The van der Waals surface area contributed by atoms with E-state index in [-0.39, 0.29) is 0 Å². The molecule has 2 aromatic rings. The van der Waals surface area contributed by atoms with E-state index in [1.54, 1.807) is 0 Å². The molecule has 0 amide bonds. The fourth-order valence-corrected chi connectivity index (χ4v) is 1.76. The van der Waals surface area contributed by atoms with Gasteiger partial charge in [-0.3, -0.25) is 0 Å². The summed E-state index contributed by atoms with van der Waals surface area (Å²) in [5, 5.41) is 0. The van der Waals surface area contributed by atoms with E-state index in [0.29, 0.717) is 5.88 Å². The van der Waals surface area contributed by atoms with E-state index in [1.807, 2.05) is 48.5 Å². The summed E-state index contributed by atoms with van der Waals surface area (Å²) in [5.41, 5.74) is 1.05. The molecule has 0 aliphatic rings. The first-order valence-electron chi connectivity index (χ1n) is 4.86. The van der Waals surface area contributed by atoms with Crippen molar-refractivity contribution in [3.63, 3.8) is 0 Å². The Balaban J connectivity index is 2.16. The Morgan fingerprint density at radius 2 is 1.75 bits per heavy atom. The van der Waals surface area contributed by atoms with Gasteiger partial charge in [-0.2, -0.15) is 0 Å². The first-order valence-corrected chi connectivity index (χ1v) is 6.19. The van der Waals surface area contributed by atoms with Crippen molar-refractivity contribution in [3.8, 4) is 11.5 Å². The third-order valence-electron chi connectivity index (χ3n) is 2.10. The van der Waals surface area contributed by atoms with Crippen LogP contribution in [0.4, 0.5) is 0 Å². The molecule has 0 aliphatic carbocycles. The van der Waals surface area contributed by atoms with Crippen LogP contribution >= 0.6 is 27.5 Å². The van der Waals surface area contributed by atoms with Crippen LogP contribution in [0, 0.1) is 0 Å². The van der Waals surface area contributed by atoms with Gasteiger partial charge >= 0.3 is 0 Å². The zero-order chi connectivity index (χ0) is 11.4. The standard InChI is InChI=1S/C13H10BrClO/c14-11-4-6-12(7-5-11)16-13-3-1-2-10(8-13)9-15/h1-8H,9H2. The Labute approximate surface area is 108 Å². The maximum absolute atomic E-state index is 5.76. The summed E-state index contributed by atoms with van der Waals surface area (Å²) in [6.07, 6.45) is 0. The zero-order valence-electron chi connectivity index (χ0n) is 8.49. The van der Waals surface area contributed by atoms with Crippen LogP contribution in [-0.2, 0) is 5.88 Å². The second-order valence-corrected chi connectivity index (χ2v) is 4.52. The zero-order valence-corrected chi connectivity index (χ0v) is 10.8. The molecule has 0 aromatic heterocycles. The minimum atomic E-state index is 0.498. The molecule has 0 atom stereocenters. The molecule has 82 valence electrons. The molecule has 0 unspecified atom stereocenters. The largest absolute Gasteiger partial charge is 0.457 e. The van der Waals surface area contributed by atoms with Gasteiger partial charge in [0.15, 0.2) is 0 Å². The average molecular weight is 298 g/mol. The molecule has 3 heteroatoms. The topological polar surface area (TPSA) is 9.23 Å². The van der Waals surface area contributed by atoms with Crippen molar-refractivity contribution in [1.82, 2.24) is 0 Å². The van der Waals surface area contributed by atoms with Gasteiger partial charge in [0.1, 0.15) is 11.5 Å². The average Bonchev–Trinajstić information content (AvgIpc) is 2.32. The van der Waals surface area contributed by atoms with Crippen molar-refractivity contribution in [3.05, 3.63) is 58.6 Å². The SMILES string of the molecule is ClCc1cccc(Oc2ccc(Br)cc2)c1. The van der Waals surface area contributed by atoms with Crippen molar-refractivity contribution < 1.29 is 4.74 Å². The van der Waals surface area contributed by atoms with E-state index in [0.717, 1.165) is 21.5 Å². The summed E-state index contributed by atoms with van der Waals surface area (Å²) in [4.78, 5) is 0. The quantitative estimate of drug-likeness (QED) is 0.726. The third kappa shape index (κ3) is 3.00. The van der Waals surface area contributed by atoms with Crippen molar-refractivity contribution >= 4 is 27.5 Å². The van der Waals surface area contributed by atoms with Crippen molar-refractivity contribution in [2.75, 3.05) is 0 Å². The number of hydrogen-bond donors (Lipinski definition) is 0. The number of benzene rings is 2. The van der Waals surface area contributed by atoms with Crippen LogP contribution in [0.25, 0.3) is 0 Å². The Kier molecular flexibility index (Phi) is 3.86. The number of hydrogen-bond acceptors (Lipinski definition) is 1. The van der Waals surface area contributed by atoms with Crippen LogP contribution in [0.1, 0.15) is 5.56 Å². The molecular formula is C13H10BrClO. The third-order valence-corrected chi connectivity index (χ3v) is 2.94. The molecule has 2 aromatic carbocycles. The van der Waals surface area contributed by atoms with Crippen molar-refractivity contribution in [2.24, 2.45) is 0 Å². The fraction of sp³-hybridized carbons (Fsp3) is 0.0769. The highest BCUT2D eigenvalue weighted by molar-refractivity contribution is 9.10. The van der Waals surface area contributed by atoms with Crippen LogP contribution in [0.5, 0.6) is 11.5 Å². The minimum absolute atomic E-state index is 0.498. The van der Waals surface area contributed by atoms with Crippen LogP contribution in [-0.4, -0.2) is 0 Å². The van der Waals surface area contributed by atoms with Crippen molar-refractivity contribution in [1.29, 1.82) is 0 Å². The highest BCUT2D eigenvalue weighted by Crippen LogP contribution is 2.24. The van der Waals surface area contributed by atoms with Crippen molar-refractivity contribution in [2.45, 2.75) is 5.88 Å². The monoisotopic (exact) mass is 296 g/mol. The Hall–Kier alpha value is -0.990. The number of rotatable bonds is 3. The molecule has 0 saturated carbocycles. The number of alkyl halides is 1. The van der Waals surface area contributed by atoms with Gasteiger partial charge in [-0.15, -0.1) is 11.6 Å². The van der Waals surface area contributed by atoms with Crippen LogP contribution in [0.2, 0.25) is 0 Å². The summed E-state index contributed by atoms with van der Waals surface area (Å²) in [6, 6.07) is 15.5. The van der Waals surface area contributed by atoms with Gasteiger partial charge < -0.3 is 4.74 Å². The molecule has 1 nitrogen and oxygen atoms in total. The number of ether oxygens (including phenoxy) is 1. The van der Waals surface area contributed by atoms with Gasteiger partial charge in [0.05, 0.1) is 0 Å². The van der Waals surface area contributed by atoms with Gasteiger partial charge in [-0.25, -0.2) is 0 Å². The summed E-state index contributed by atoms with van der Waals surface area (Å²) in [5.74, 6) is 2.12. The summed E-state index contributed by atoms with van der Waals surface area (Å²) < 4.78 is 6.73. The van der Waals surface area contributed by atoms with Gasteiger partial charge in [0.2, 0.25) is 0 Å². The lowest BCUT2D eigenvalue weighted by molar-refractivity contribution is 0.482. The van der Waals surface area contributed by atoms with Crippen LogP contribution in [0.15, 0.2) is 53.0 Å². The summed E-state index contributed by atoms with van der Waals surface area (Å²) >= 11 is 9.14. The fourth-order valence-electron chi connectivity index (χ4n) is 1.33. The molecule has 0 aliphatic heterocycles. The predicted molar refractivity (Wildman–Crippen MR) is 70.2 cm³/mol. The molecular weight excluding hydrogens is 287 g/mol. The van der Waals surface area contributed by atoms with Gasteiger partial charge in [0.25, 0.3) is 0 Å². The first kappa shape index (κ1) is 11.5. The van der Waals surface area contributed by atoms with Crippen LogP contribution in [0.3, 0.4) is 0 Å². The normalized spacial score (nSPS) is 10.1. The molecule has 0 radical (unpaired) electrons. The number of halogens is 2. The second-order valence-electron chi connectivity index (χ2n) is 3.34. The van der Waals surface area contributed by atoms with E-state index >= 15 is 0 Å². The van der Waals surface area contributed by atoms with E-state index < -0.39 is 0 Å². The predicted octanol–water partition coefficient (Wildman–Crippen LogP) is 4.98. The lowest BCUT2D eigenvalue weighted by atomic mass is 10.2. The molecule has 0 N–H and O–H groups in total. The molecule has 0 fully saturated rings. The summed E-state index contributed by atoms with van der Waals surface area (Å²) in [6.45, 7) is 0. The second kappa shape index (κ2) is 5.37. The summed E-state index contributed by atoms with van der Waals surface area (Å²) in [7, 11) is 0. The van der Waals surface area contributed by atoms with Gasteiger partial charge in [-0.05, 0) is 42.0 Å². The van der Waals surface area contributed by atoms with Crippen LogP contribution < -0.4 is 4.74 Å². The molecule has 0 saturated heterocycles. The highest BCUT2D eigenvalue weighted by atomic mass is 79.9. The lowest BCUT2D eigenvalue weighted by Crippen LogP contribution is -1.85. The minimum Gasteiger partial charge on any atom is -0.457 e. The smallest absolute Gasteiger partial charge is 0.127 e. The Morgan fingerprint density at radius 1 is 1.00 bits per heavy atom. The molecule has 16 heavy (non-hydrogen) atoms. The van der Waals surface area contributed by atoms with E-state index in [2.05, 4.69) is 15.9 Å². The molecule has 0 bridgehead atoms. The van der Waals surface area contributed by atoms with Gasteiger partial charge in [0, 0.05) is 10.4 Å². The molecule has 2 rings (SSSR count). The van der Waals surface area contributed by atoms with E-state index in [4.69, 9.17) is 16.3 Å². The molecule has 0 heterocycles. The maximum Gasteiger partial charge on any atom is 0.127 e. The Morgan fingerprint density at radius 3 is 2.44 bits per heavy atom. The van der Waals surface area contributed by atoms with E-state index in [9.17, 15) is 0 Å².